The first kappa shape index (κ1) is 11.3. The highest BCUT2D eigenvalue weighted by Crippen LogP contribution is 2.38. The van der Waals surface area contributed by atoms with Gasteiger partial charge in [0.05, 0.1) is 5.55 Å². The Morgan fingerprint density at radius 3 is 2.78 bits per heavy atom. The zero-order valence-corrected chi connectivity index (χ0v) is 10.7. The SMILES string of the molecule is C1=NNC(N=Nc2nncs2)(c2ccccc2)S1. The predicted octanol–water partition coefficient (Wildman–Crippen LogP) is 2.71. The first-order valence-corrected chi connectivity index (χ1v) is 6.86. The molecular weight excluding hydrogens is 268 g/mol. The van der Waals surface area contributed by atoms with Crippen molar-refractivity contribution in [3.05, 3.63) is 41.4 Å². The largest absolute Gasteiger partial charge is 0.268 e. The van der Waals surface area contributed by atoms with Gasteiger partial charge in [0.1, 0.15) is 5.51 Å². The summed E-state index contributed by atoms with van der Waals surface area (Å²) in [5.41, 5.74) is 7.30. The zero-order chi connectivity index (χ0) is 12.3. The Morgan fingerprint density at radius 2 is 2.11 bits per heavy atom. The number of hydrazone groups is 1. The molecule has 8 heteroatoms. The van der Waals surface area contributed by atoms with Gasteiger partial charge in [0, 0.05) is 5.56 Å². The molecule has 6 nitrogen and oxygen atoms in total. The summed E-state index contributed by atoms with van der Waals surface area (Å²) in [4.78, 5) is -0.701. The Bertz CT molecular complexity index is 557. The van der Waals surface area contributed by atoms with Crippen LogP contribution in [0.3, 0.4) is 0 Å². The first-order chi connectivity index (χ1) is 8.89. The summed E-state index contributed by atoms with van der Waals surface area (Å²) in [6, 6.07) is 9.83. The summed E-state index contributed by atoms with van der Waals surface area (Å²) in [6.07, 6.45) is 0. The molecular formula is C10H8N6S2. The van der Waals surface area contributed by atoms with Crippen molar-refractivity contribution in [2.75, 3.05) is 0 Å². The summed E-state index contributed by atoms with van der Waals surface area (Å²) in [6.45, 7) is 0. The molecule has 1 aromatic heterocycles. The summed E-state index contributed by atoms with van der Waals surface area (Å²) in [5.74, 6) is 0. The molecule has 2 aromatic rings. The number of nitrogens with one attached hydrogen (secondary N) is 1. The third kappa shape index (κ3) is 2.12. The van der Waals surface area contributed by atoms with Crippen molar-refractivity contribution in [3.8, 4) is 0 Å². The number of hydrogen-bond acceptors (Lipinski definition) is 8. The molecule has 0 fully saturated rings. The van der Waals surface area contributed by atoms with Crippen LogP contribution in [0.2, 0.25) is 0 Å². The van der Waals surface area contributed by atoms with E-state index in [4.69, 9.17) is 0 Å². The van der Waals surface area contributed by atoms with Crippen LogP contribution in [0.1, 0.15) is 5.56 Å². The van der Waals surface area contributed by atoms with E-state index in [1.54, 1.807) is 11.1 Å². The van der Waals surface area contributed by atoms with Crippen molar-refractivity contribution in [3.63, 3.8) is 0 Å². The van der Waals surface area contributed by atoms with Gasteiger partial charge in [-0.15, -0.1) is 20.4 Å². The van der Waals surface area contributed by atoms with Crippen LogP contribution in [-0.4, -0.2) is 15.7 Å². The third-order valence-corrected chi connectivity index (χ3v) is 3.82. The van der Waals surface area contributed by atoms with Crippen molar-refractivity contribution < 1.29 is 0 Å². The molecule has 1 N–H and O–H groups in total. The van der Waals surface area contributed by atoms with Crippen molar-refractivity contribution >= 4 is 33.8 Å². The second kappa shape index (κ2) is 4.83. The smallest absolute Gasteiger partial charge is 0.251 e. The van der Waals surface area contributed by atoms with Gasteiger partial charge in [-0.3, -0.25) is 5.43 Å². The lowest BCUT2D eigenvalue weighted by Gasteiger charge is -2.21. The molecule has 18 heavy (non-hydrogen) atoms. The minimum absolute atomic E-state index is 0.527. The lowest BCUT2D eigenvalue weighted by Crippen LogP contribution is -2.29. The quantitative estimate of drug-likeness (QED) is 0.875. The minimum Gasteiger partial charge on any atom is -0.268 e. The van der Waals surface area contributed by atoms with E-state index in [1.165, 1.54) is 23.1 Å². The molecule has 0 aliphatic carbocycles. The van der Waals surface area contributed by atoms with Gasteiger partial charge in [-0.2, -0.15) is 5.10 Å². The highest BCUT2D eigenvalue weighted by Gasteiger charge is 2.35. The van der Waals surface area contributed by atoms with E-state index in [1.807, 2.05) is 30.3 Å². The van der Waals surface area contributed by atoms with Gasteiger partial charge in [0.25, 0.3) is 5.13 Å². The summed E-state index contributed by atoms with van der Waals surface area (Å²) in [7, 11) is 0. The molecule has 0 saturated carbocycles. The van der Waals surface area contributed by atoms with Gasteiger partial charge in [-0.25, -0.2) is 0 Å². The maximum absolute atomic E-state index is 4.33. The van der Waals surface area contributed by atoms with Crippen molar-refractivity contribution in [2.45, 2.75) is 4.99 Å². The summed E-state index contributed by atoms with van der Waals surface area (Å²) >= 11 is 2.80. The number of hydrogen-bond donors (Lipinski definition) is 1. The zero-order valence-electron chi connectivity index (χ0n) is 9.09. The fourth-order valence-electron chi connectivity index (χ4n) is 1.47. The number of rotatable bonds is 3. The van der Waals surface area contributed by atoms with Gasteiger partial charge < -0.3 is 0 Å². The lowest BCUT2D eigenvalue weighted by molar-refractivity contribution is 0.516. The molecule has 1 unspecified atom stereocenters. The van der Waals surface area contributed by atoms with Crippen LogP contribution in [0.15, 0.2) is 51.2 Å². The predicted molar refractivity (Wildman–Crippen MR) is 71.8 cm³/mol. The Hall–Kier alpha value is -1.80. The molecule has 1 aliphatic rings. The van der Waals surface area contributed by atoms with Crippen LogP contribution in [0.25, 0.3) is 0 Å². The third-order valence-electron chi connectivity index (χ3n) is 2.28. The first-order valence-electron chi connectivity index (χ1n) is 5.10. The van der Waals surface area contributed by atoms with E-state index in [9.17, 15) is 0 Å². The van der Waals surface area contributed by atoms with Crippen LogP contribution in [-0.2, 0) is 4.99 Å². The number of thioether (sulfide) groups is 1. The number of nitrogens with zero attached hydrogens (tertiary/aromatic N) is 5. The molecule has 2 heterocycles. The molecule has 0 amide bonds. The van der Waals surface area contributed by atoms with E-state index in [-0.39, 0.29) is 0 Å². The summed E-state index contributed by atoms with van der Waals surface area (Å²) < 4.78 is 0. The van der Waals surface area contributed by atoms with Gasteiger partial charge in [-0.05, 0) is 0 Å². The van der Waals surface area contributed by atoms with E-state index >= 15 is 0 Å². The molecule has 0 bridgehead atoms. The van der Waals surface area contributed by atoms with Crippen LogP contribution in [0, 0.1) is 0 Å². The number of azo groups is 1. The summed E-state index contributed by atoms with van der Waals surface area (Å²) in [5, 5.41) is 20.5. The number of aromatic nitrogens is 2. The van der Waals surface area contributed by atoms with Crippen molar-refractivity contribution in [2.24, 2.45) is 15.3 Å². The average Bonchev–Trinajstić information content (AvgIpc) is 3.10. The normalized spacial score (nSPS) is 22.4. The molecule has 1 aromatic carbocycles. The second-order valence-electron chi connectivity index (χ2n) is 3.40. The minimum atomic E-state index is -0.701. The Kier molecular flexibility index (Phi) is 3.03. The van der Waals surface area contributed by atoms with Crippen LogP contribution in [0.5, 0.6) is 0 Å². The molecule has 0 saturated heterocycles. The van der Waals surface area contributed by atoms with Gasteiger partial charge in [0.2, 0.25) is 4.99 Å². The second-order valence-corrected chi connectivity index (χ2v) is 5.24. The molecule has 1 atom stereocenters. The maximum atomic E-state index is 4.33. The van der Waals surface area contributed by atoms with Crippen LogP contribution >= 0.6 is 23.1 Å². The monoisotopic (exact) mass is 276 g/mol. The molecule has 0 spiro atoms. The Morgan fingerprint density at radius 1 is 1.22 bits per heavy atom. The highest BCUT2D eigenvalue weighted by atomic mass is 32.2. The molecule has 3 rings (SSSR count). The van der Waals surface area contributed by atoms with E-state index in [0.29, 0.717) is 5.13 Å². The van der Waals surface area contributed by atoms with Crippen molar-refractivity contribution in [1.29, 1.82) is 0 Å². The van der Waals surface area contributed by atoms with E-state index < -0.39 is 4.99 Å². The van der Waals surface area contributed by atoms with Gasteiger partial charge in [0.15, 0.2) is 0 Å². The van der Waals surface area contributed by atoms with Crippen LogP contribution < -0.4 is 5.43 Å². The fraction of sp³-hybridized carbons (Fsp3) is 0.100. The fourth-order valence-corrected chi connectivity index (χ4v) is 2.56. The Balaban J connectivity index is 1.93. The van der Waals surface area contributed by atoms with Crippen molar-refractivity contribution in [1.82, 2.24) is 15.6 Å². The lowest BCUT2D eigenvalue weighted by atomic mass is 10.2. The van der Waals surface area contributed by atoms with Gasteiger partial charge in [-0.1, -0.05) is 53.4 Å². The van der Waals surface area contributed by atoms with Crippen LogP contribution in [0.4, 0.5) is 5.13 Å². The van der Waals surface area contributed by atoms with Gasteiger partial charge >= 0.3 is 0 Å². The molecule has 0 radical (unpaired) electrons. The van der Waals surface area contributed by atoms with E-state index in [0.717, 1.165) is 5.56 Å². The number of benzene rings is 1. The topological polar surface area (TPSA) is 74.9 Å². The average molecular weight is 276 g/mol. The maximum Gasteiger partial charge on any atom is 0.251 e. The molecule has 1 aliphatic heterocycles. The highest BCUT2D eigenvalue weighted by molar-refractivity contribution is 8.13. The molecule has 90 valence electrons. The standard InChI is InChI=1S/C10H8N6S2/c1-2-4-8(5-3-1)10(15-12-7-18-10)16-14-9-13-11-6-17-9/h1-7,15H. The Labute approximate surface area is 111 Å². The van der Waals surface area contributed by atoms with E-state index in [2.05, 4.69) is 31.0 Å².